The van der Waals surface area contributed by atoms with Crippen LogP contribution in [0.5, 0.6) is 0 Å². The number of hydrogen-bond donors (Lipinski definition) is 0. The fraction of sp³-hybridized carbons (Fsp3) is 0.769. The van der Waals surface area contributed by atoms with Crippen molar-refractivity contribution < 1.29 is 4.79 Å². The summed E-state index contributed by atoms with van der Waals surface area (Å²) in [6, 6.07) is 0. The number of carbonyl (C=O) groups excluding carboxylic acids is 1. The molecule has 0 heterocycles. The summed E-state index contributed by atoms with van der Waals surface area (Å²) < 4.78 is 0. The summed E-state index contributed by atoms with van der Waals surface area (Å²) >= 11 is 0. The van der Waals surface area contributed by atoms with Gasteiger partial charge in [-0.3, -0.25) is 4.79 Å². The van der Waals surface area contributed by atoms with Crippen molar-refractivity contribution >= 4 is 5.78 Å². The van der Waals surface area contributed by atoms with Gasteiger partial charge in [-0.2, -0.15) is 0 Å². The fourth-order valence-electron chi connectivity index (χ4n) is 2.22. The summed E-state index contributed by atoms with van der Waals surface area (Å²) in [7, 11) is 0. The third-order valence-electron chi connectivity index (χ3n) is 3.14. The largest absolute Gasteiger partial charge is 0.299 e. The van der Waals surface area contributed by atoms with Crippen molar-refractivity contribution in [2.75, 3.05) is 0 Å². The van der Waals surface area contributed by atoms with Crippen LogP contribution in [-0.2, 0) is 4.79 Å². The summed E-state index contributed by atoms with van der Waals surface area (Å²) in [5.74, 6) is 0.937. The van der Waals surface area contributed by atoms with E-state index in [9.17, 15) is 4.79 Å². The van der Waals surface area contributed by atoms with Gasteiger partial charge in [-0.15, -0.1) is 6.58 Å². The van der Waals surface area contributed by atoms with Crippen molar-refractivity contribution in [3.63, 3.8) is 0 Å². The molecule has 0 aromatic carbocycles. The van der Waals surface area contributed by atoms with E-state index in [0.717, 1.165) is 32.1 Å². The molecule has 1 atom stereocenters. The highest BCUT2D eigenvalue weighted by atomic mass is 16.1. The number of allylic oxidation sites excluding steroid dienone is 1. The van der Waals surface area contributed by atoms with Gasteiger partial charge in [0.2, 0.25) is 0 Å². The maximum absolute atomic E-state index is 11.5. The van der Waals surface area contributed by atoms with Crippen molar-refractivity contribution in [2.24, 2.45) is 5.92 Å². The SMILES string of the molecule is C=CCCCCCC1CCCCC1=O. The van der Waals surface area contributed by atoms with Gasteiger partial charge in [0.25, 0.3) is 0 Å². The monoisotopic (exact) mass is 194 g/mol. The van der Waals surface area contributed by atoms with Crippen molar-refractivity contribution in [3.8, 4) is 0 Å². The molecule has 0 amide bonds. The molecular weight excluding hydrogens is 172 g/mol. The minimum absolute atomic E-state index is 0.410. The highest BCUT2D eigenvalue weighted by Gasteiger charge is 2.20. The van der Waals surface area contributed by atoms with Crippen LogP contribution in [0.25, 0.3) is 0 Å². The summed E-state index contributed by atoms with van der Waals surface area (Å²) in [5.41, 5.74) is 0. The number of unbranched alkanes of at least 4 members (excludes halogenated alkanes) is 3. The first kappa shape index (κ1) is 11.5. The highest BCUT2D eigenvalue weighted by Crippen LogP contribution is 2.25. The lowest BCUT2D eigenvalue weighted by Gasteiger charge is -2.19. The molecule has 1 fully saturated rings. The number of rotatable bonds is 6. The van der Waals surface area contributed by atoms with Crippen molar-refractivity contribution in [3.05, 3.63) is 12.7 Å². The minimum Gasteiger partial charge on any atom is -0.299 e. The topological polar surface area (TPSA) is 17.1 Å². The van der Waals surface area contributed by atoms with E-state index in [0.29, 0.717) is 11.7 Å². The predicted molar refractivity (Wildman–Crippen MR) is 60.2 cm³/mol. The molecule has 1 nitrogen and oxygen atoms in total. The van der Waals surface area contributed by atoms with Crippen LogP contribution in [0.3, 0.4) is 0 Å². The maximum Gasteiger partial charge on any atom is 0.135 e. The van der Waals surface area contributed by atoms with E-state index >= 15 is 0 Å². The van der Waals surface area contributed by atoms with Crippen LogP contribution in [0, 0.1) is 5.92 Å². The molecule has 0 aliphatic heterocycles. The second kappa shape index (κ2) is 6.80. The van der Waals surface area contributed by atoms with Crippen LogP contribution < -0.4 is 0 Å². The highest BCUT2D eigenvalue weighted by molar-refractivity contribution is 5.81. The van der Waals surface area contributed by atoms with Gasteiger partial charge >= 0.3 is 0 Å². The molecule has 14 heavy (non-hydrogen) atoms. The first-order valence-electron chi connectivity index (χ1n) is 5.98. The van der Waals surface area contributed by atoms with Gasteiger partial charge in [-0.1, -0.05) is 25.3 Å². The van der Waals surface area contributed by atoms with Gasteiger partial charge in [0, 0.05) is 12.3 Å². The second-order valence-electron chi connectivity index (χ2n) is 4.34. The molecule has 0 bridgehead atoms. The van der Waals surface area contributed by atoms with Crippen LogP contribution in [-0.4, -0.2) is 5.78 Å². The van der Waals surface area contributed by atoms with Crippen molar-refractivity contribution in [2.45, 2.75) is 57.8 Å². The van der Waals surface area contributed by atoms with Crippen LogP contribution in [0.4, 0.5) is 0 Å². The molecule has 80 valence electrons. The van der Waals surface area contributed by atoms with E-state index < -0.39 is 0 Å². The second-order valence-corrected chi connectivity index (χ2v) is 4.34. The van der Waals surface area contributed by atoms with E-state index in [1.54, 1.807) is 0 Å². The average Bonchev–Trinajstić information content (AvgIpc) is 2.20. The zero-order valence-corrected chi connectivity index (χ0v) is 9.13. The number of hydrogen-bond acceptors (Lipinski definition) is 1. The molecule has 0 saturated heterocycles. The number of carbonyl (C=O) groups is 1. The molecule has 1 saturated carbocycles. The molecular formula is C13H22O. The van der Waals surface area contributed by atoms with Gasteiger partial charge in [-0.05, 0) is 32.1 Å². The summed E-state index contributed by atoms with van der Waals surface area (Å²) in [6.45, 7) is 3.71. The molecule has 1 aliphatic carbocycles. The summed E-state index contributed by atoms with van der Waals surface area (Å²) in [6.07, 6.45) is 12.4. The first-order chi connectivity index (χ1) is 6.84. The quantitative estimate of drug-likeness (QED) is 0.463. The summed E-state index contributed by atoms with van der Waals surface area (Å²) in [5, 5.41) is 0. The molecule has 1 unspecified atom stereocenters. The minimum atomic E-state index is 0.410. The Kier molecular flexibility index (Phi) is 5.58. The summed E-state index contributed by atoms with van der Waals surface area (Å²) in [4.78, 5) is 11.5. The molecule has 0 N–H and O–H groups in total. The van der Waals surface area contributed by atoms with Gasteiger partial charge in [0.05, 0.1) is 0 Å². The Hall–Kier alpha value is -0.590. The van der Waals surface area contributed by atoms with E-state index in [1.807, 2.05) is 6.08 Å². The van der Waals surface area contributed by atoms with Crippen LogP contribution >= 0.6 is 0 Å². The normalized spacial score (nSPS) is 22.3. The van der Waals surface area contributed by atoms with Crippen LogP contribution in [0.1, 0.15) is 57.8 Å². The molecule has 1 aliphatic rings. The Labute approximate surface area is 87.6 Å². The fourth-order valence-corrected chi connectivity index (χ4v) is 2.22. The first-order valence-corrected chi connectivity index (χ1v) is 5.98. The standard InChI is InChI=1S/C13H22O/c1-2-3-4-5-6-9-12-10-7-8-11-13(12)14/h2,12H,1,3-11H2. The number of ketones is 1. The van der Waals surface area contributed by atoms with Crippen LogP contribution in [0.2, 0.25) is 0 Å². The molecule has 0 radical (unpaired) electrons. The molecule has 0 spiro atoms. The molecule has 0 aromatic heterocycles. The van der Waals surface area contributed by atoms with Gasteiger partial charge in [0.15, 0.2) is 0 Å². The van der Waals surface area contributed by atoms with Gasteiger partial charge < -0.3 is 0 Å². The Morgan fingerprint density at radius 1 is 1.29 bits per heavy atom. The van der Waals surface area contributed by atoms with Gasteiger partial charge in [-0.25, -0.2) is 0 Å². The molecule has 1 heteroatoms. The van der Waals surface area contributed by atoms with E-state index in [-0.39, 0.29) is 0 Å². The Morgan fingerprint density at radius 2 is 2.14 bits per heavy atom. The zero-order valence-electron chi connectivity index (χ0n) is 9.13. The third kappa shape index (κ3) is 4.08. The third-order valence-corrected chi connectivity index (χ3v) is 3.14. The predicted octanol–water partition coefficient (Wildman–Crippen LogP) is 3.88. The van der Waals surface area contributed by atoms with Gasteiger partial charge in [0.1, 0.15) is 5.78 Å². The lowest BCUT2D eigenvalue weighted by atomic mass is 9.84. The molecule has 0 aromatic rings. The average molecular weight is 194 g/mol. The Balaban J connectivity index is 2.04. The van der Waals surface area contributed by atoms with E-state index in [2.05, 4.69) is 6.58 Å². The molecule has 1 rings (SSSR count). The van der Waals surface area contributed by atoms with E-state index in [4.69, 9.17) is 0 Å². The van der Waals surface area contributed by atoms with E-state index in [1.165, 1.54) is 25.7 Å². The Bertz CT molecular complexity index is 184. The smallest absolute Gasteiger partial charge is 0.135 e. The lowest BCUT2D eigenvalue weighted by Crippen LogP contribution is -2.18. The maximum atomic E-state index is 11.5. The zero-order chi connectivity index (χ0) is 10.2. The van der Waals surface area contributed by atoms with Crippen LogP contribution in [0.15, 0.2) is 12.7 Å². The van der Waals surface area contributed by atoms with Crippen molar-refractivity contribution in [1.82, 2.24) is 0 Å². The Morgan fingerprint density at radius 3 is 2.86 bits per heavy atom. The lowest BCUT2D eigenvalue weighted by molar-refractivity contribution is -0.124. The number of Topliss-reactive ketones (excluding diaryl/α,β-unsaturated/α-hetero) is 1. The van der Waals surface area contributed by atoms with Crippen molar-refractivity contribution in [1.29, 1.82) is 0 Å².